The minimum Gasteiger partial charge on any atom is -0.385 e. The van der Waals surface area contributed by atoms with Crippen molar-refractivity contribution in [2.45, 2.75) is 12.5 Å². The number of rotatable bonds is 6. The SMILES string of the molecule is COCC[C@@H](NCC#N)c1ccc(Cl)cc1. The molecule has 0 saturated heterocycles. The maximum atomic E-state index is 8.57. The monoisotopic (exact) mass is 238 g/mol. The van der Waals surface area contributed by atoms with Gasteiger partial charge in [0.05, 0.1) is 12.6 Å². The Hall–Kier alpha value is -1.08. The summed E-state index contributed by atoms with van der Waals surface area (Å²) in [5.41, 5.74) is 1.12. The Morgan fingerprint density at radius 1 is 1.44 bits per heavy atom. The van der Waals surface area contributed by atoms with E-state index in [1.807, 2.05) is 24.3 Å². The minimum atomic E-state index is 0.136. The molecule has 4 heteroatoms. The van der Waals surface area contributed by atoms with Crippen molar-refractivity contribution in [1.82, 2.24) is 5.32 Å². The zero-order chi connectivity index (χ0) is 11.8. The Labute approximate surface area is 101 Å². The van der Waals surface area contributed by atoms with Crippen molar-refractivity contribution in [2.24, 2.45) is 0 Å². The Balaban J connectivity index is 2.67. The number of methoxy groups -OCH3 is 1. The van der Waals surface area contributed by atoms with Crippen LogP contribution in [0.5, 0.6) is 0 Å². The van der Waals surface area contributed by atoms with Crippen LogP contribution in [0.4, 0.5) is 0 Å². The Kier molecular flexibility index (Phi) is 5.87. The number of nitriles is 1. The number of benzene rings is 1. The summed E-state index contributed by atoms with van der Waals surface area (Å²) >= 11 is 5.83. The average molecular weight is 239 g/mol. The first-order valence-electron chi connectivity index (χ1n) is 5.12. The molecule has 0 aliphatic heterocycles. The number of hydrogen-bond acceptors (Lipinski definition) is 3. The van der Waals surface area contributed by atoms with Gasteiger partial charge >= 0.3 is 0 Å². The second-order valence-corrected chi connectivity index (χ2v) is 3.86. The van der Waals surface area contributed by atoms with E-state index < -0.39 is 0 Å². The van der Waals surface area contributed by atoms with Gasteiger partial charge in [-0.05, 0) is 24.1 Å². The van der Waals surface area contributed by atoms with Gasteiger partial charge in [-0.1, -0.05) is 23.7 Å². The fourth-order valence-corrected chi connectivity index (χ4v) is 1.61. The summed E-state index contributed by atoms with van der Waals surface area (Å²) in [5.74, 6) is 0. The molecule has 0 aliphatic carbocycles. The van der Waals surface area contributed by atoms with Crippen LogP contribution >= 0.6 is 11.6 Å². The van der Waals surface area contributed by atoms with Crippen LogP contribution in [0.25, 0.3) is 0 Å². The predicted molar refractivity (Wildman–Crippen MR) is 64.3 cm³/mol. The zero-order valence-corrected chi connectivity index (χ0v) is 10.00. The normalized spacial score (nSPS) is 12.1. The summed E-state index contributed by atoms with van der Waals surface area (Å²) in [5, 5.41) is 12.4. The molecule has 16 heavy (non-hydrogen) atoms. The predicted octanol–water partition coefficient (Wildman–Crippen LogP) is 2.53. The van der Waals surface area contributed by atoms with Gasteiger partial charge in [0.25, 0.3) is 0 Å². The second kappa shape index (κ2) is 7.24. The van der Waals surface area contributed by atoms with Crippen molar-refractivity contribution in [3.63, 3.8) is 0 Å². The first-order chi connectivity index (χ1) is 7.77. The van der Waals surface area contributed by atoms with Crippen molar-refractivity contribution >= 4 is 11.6 Å². The van der Waals surface area contributed by atoms with E-state index in [-0.39, 0.29) is 6.04 Å². The number of ether oxygens (including phenoxy) is 1. The van der Waals surface area contributed by atoms with E-state index >= 15 is 0 Å². The van der Waals surface area contributed by atoms with E-state index in [4.69, 9.17) is 21.6 Å². The van der Waals surface area contributed by atoms with E-state index in [1.54, 1.807) is 7.11 Å². The summed E-state index contributed by atoms with van der Waals surface area (Å²) in [6, 6.07) is 9.85. The Bertz CT molecular complexity index is 345. The lowest BCUT2D eigenvalue weighted by Gasteiger charge is -2.17. The molecule has 1 N–H and O–H groups in total. The first-order valence-corrected chi connectivity index (χ1v) is 5.50. The molecule has 0 saturated carbocycles. The molecule has 0 unspecified atom stereocenters. The highest BCUT2D eigenvalue weighted by atomic mass is 35.5. The van der Waals surface area contributed by atoms with Gasteiger partial charge in [-0.25, -0.2) is 0 Å². The summed E-state index contributed by atoms with van der Waals surface area (Å²) < 4.78 is 5.05. The lowest BCUT2D eigenvalue weighted by atomic mass is 10.0. The van der Waals surface area contributed by atoms with Crippen molar-refractivity contribution in [2.75, 3.05) is 20.3 Å². The molecule has 0 bridgehead atoms. The molecule has 0 fully saturated rings. The Morgan fingerprint density at radius 3 is 2.69 bits per heavy atom. The highest BCUT2D eigenvalue weighted by Crippen LogP contribution is 2.19. The van der Waals surface area contributed by atoms with Gasteiger partial charge in [-0.2, -0.15) is 5.26 Å². The molecule has 0 radical (unpaired) electrons. The first kappa shape index (κ1) is 13.0. The maximum absolute atomic E-state index is 8.57. The van der Waals surface area contributed by atoms with E-state index in [2.05, 4.69) is 11.4 Å². The van der Waals surface area contributed by atoms with Crippen LogP contribution in [0, 0.1) is 11.3 Å². The van der Waals surface area contributed by atoms with Gasteiger partial charge in [0.15, 0.2) is 0 Å². The third-order valence-electron chi connectivity index (χ3n) is 2.31. The second-order valence-electron chi connectivity index (χ2n) is 3.42. The molecule has 86 valence electrons. The third-order valence-corrected chi connectivity index (χ3v) is 2.56. The molecule has 1 aromatic carbocycles. The van der Waals surface area contributed by atoms with Crippen LogP contribution in [0.3, 0.4) is 0 Å². The number of halogens is 1. The van der Waals surface area contributed by atoms with Crippen molar-refractivity contribution in [1.29, 1.82) is 5.26 Å². The van der Waals surface area contributed by atoms with E-state index in [0.717, 1.165) is 17.0 Å². The summed E-state index contributed by atoms with van der Waals surface area (Å²) in [7, 11) is 1.67. The van der Waals surface area contributed by atoms with Gasteiger partial charge in [0, 0.05) is 24.8 Å². The molecule has 1 rings (SSSR count). The average Bonchev–Trinajstić information content (AvgIpc) is 2.31. The largest absolute Gasteiger partial charge is 0.385 e. The van der Waals surface area contributed by atoms with E-state index in [1.165, 1.54) is 0 Å². The van der Waals surface area contributed by atoms with Gasteiger partial charge in [-0.3, -0.25) is 5.32 Å². The van der Waals surface area contributed by atoms with Crippen LogP contribution in [0.2, 0.25) is 5.02 Å². The summed E-state index contributed by atoms with van der Waals surface area (Å²) in [6.45, 7) is 0.989. The molecule has 0 heterocycles. The molecule has 0 amide bonds. The molecule has 3 nitrogen and oxygen atoms in total. The fourth-order valence-electron chi connectivity index (χ4n) is 1.49. The molecule has 1 aromatic rings. The minimum absolute atomic E-state index is 0.136. The molecular formula is C12H15ClN2O. The van der Waals surface area contributed by atoms with Crippen molar-refractivity contribution in [3.8, 4) is 6.07 Å². The van der Waals surface area contributed by atoms with E-state index in [9.17, 15) is 0 Å². The fraction of sp³-hybridized carbons (Fsp3) is 0.417. The summed E-state index contributed by atoms with van der Waals surface area (Å²) in [6.07, 6.45) is 0.833. The molecule has 0 aliphatic rings. The molecular weight excluding hydrogens is 224 g/mol. The smallest absolute Gasteiger partial charge is 0.0845 e. The molecule has 0 aromatic heterocycles. The number of nitrogens with zero attached hydrogens (tertiary/aromatic N) is 1. The number of nitrogens with one attached hydrogen (secondary N) is 1. The van der Waals surface area contributed by atoms with Gasteiger partial charge in [0.2, 0.25) is 0 Å². The highest BCUT2D eigenvalue weighted by molar-refractivity contribution is 6.30. The van der Waals surface area contributed by atoms with Gasteiger partial charge in [-0.15, -0.1) is 0 Å². The van der Waals surface area contributed by atoms with Gasteiger partial charge in [0.1, 0.15) is 0 Å². The Morgan fingerprint density at radius 2 is 2.12 bits per heavy atom. The zero-order valence-electron chi connectivity index (χ0n) is 9.24. The number of hydrogen-bond donors (Lipinski definition) is 1. The van der Waals surface area contributed by atoms with Crippen LogP contribution in [0.1, 0.15) is 18.0 Å². The summed E-state index contributed by atoms with van der Waals surface area (Å²) in [4.78, 5) is 0. The highest BCUT2D eigenvalue weighted by Gasteiger charge is 2.09. The standard InChI is InChI=1S/C12H15ClN2O/c1-16-9-6-12(15-8-7-14)10-2-4-11(13)5-3-10/h2-5,12,15H,6,8-9H2,1H3/t12-/m1/s1. The lowest BCUT2D eigenvalue weighted by Crippen LogP contribution is -2.22. The van der Waals surface area contributed by atoms with Crippen LogP contribution in [-0.4, -0.2) is 20.3 Å². The molecule has 1 atom stereocenters. The van der Waals surface area contributed by atoms with Crippen LogP contribution in [-0.2, 0) is 4.74 Å². The van der Waals surface area contributed by atoms with Crippen molar-refractivity contribution in [3.05, 3.63) is 34.9 Å². The quantitative estimate of drug-likeness (QED) is 0.775. The topological polar surface area (TPSA) is 45.0 Å². The van der Waals surface area contributed by atoms with Crippen LogP contribution < -0.4 is 5.32 Å². The van der Waals surface area contributed by atoms with Crippen LogP contribution in [0.15, 0.2) is 24.3 Å². The van der Waals surface area contributed by atoms with Gasteiger partial charge < -0.3 is 4.74 Å². The lowest BCUT2D eigenvalue weighted by molar-refractivity contribution is 0.183. The third kappa shape index (κ3) is 4.19. The van der Waals surface area contributed by atoms with E-state index in [0.29, 0.717) is 13.2 Å². The molecule has 0 spiro atoms. The van der Waals surface area contributed by atoms with Crippen molar-refractivity contribution < 1.29 is 4.74 Å². The maximum Gasteiger partial charge on any atom is 0.0845 e.